The fourth-order valence-electron chi connectivity index (χ4n) is 3.39. The van der Waals surface area contributed by atoms with Crippen LogP contribution < -0.4 is 0 Å². The highest BCUT2D eigenvalue weighted by atomic mass is 16.6. The Labute approximate surface area is 135 Å². The highest BCUT2D eigenvalue weighted by Crippen LogP contribution is 2.51. The predicted octanol–water partition coefficient (Wildman–Crippen LogP) is 5.81. The predicted molar refractivity (Wildman–Crippen MR) is 94.5 cm³/mol. The summed E-state index contributed by atoms with van der Waals surface area (Å²) in [6.07, 6.45) is 0.363. The van der Waals surface area contributed by atoms with Crippen molar-refractivity contribution in [2.24, 2.45) is 0 Å². The number of rotatable bonds is 2. The van der Waals surface area contributed by atoms with Crippen LogP contribution in [-0.4, -0.2) is 0 Å². The van der Waals surface area contributed by atoms with Gasteiger partial charge in [-0.25, -0.2) is 0 Å². The van der Waals surface area contributed by atoms with Crippen molar-refractivity contribution in [1.82, 2.24) is 0 Å². The van der Waals surface area contributed by atoms with Crippen molar-refractivity contribution in [3.8, 4) is 0 Å². The Hall–Kier alpha value is -2.64. The molecule has 0 bridgehead atoms. The van der Waals surface area contributed by atoms with Crippen LogP contribution in [-0.2, 0) is 4.74 Å². The molecule has 1 fully saturated rings. The maximum atomic E-state index is 5.99. The van der Waals surface area contributed by atoms with Crippen LogP contribution in [0.4, 0.5) is 0 Å². The van der Waals surface area contributed by atoms with Crippen molar-refractivity contribution in [2.45, 2.75) is 12.2 Å². The van der Waals surface area contributed by atoms with E-state index in [1.165, 1.54) is 32.7 Å². The molecule has 0 aromatic heterocycles. The van der Waals surface area contributed by atoms with Crippen LogP contribution >= 0.6 is 0 Å². The highest BCUT2D eigenvalue weighted by Gasteiger charge is 2.41. The fraction of sp³-hybridized carbons (Fsp3) is 0.0909. The van der Waals surface area contributed by atoms with Gasteiger partial charge in [0.15, 0.2) is 0 Å². The maximum Gasteiger partial charge on any atom is 0.114 e. The quantitative estimate of drug-likeness (QED) is 0.425. The fourth-order valence-corrected chi connectivity index (χ4v) is 3.39. The van der Waals surface area contributed by atoms with Crippen molar-refractivity contribution in [1.29, 1.82) is 0 Å². The summed E-state index contributed by atoms with van der Waals surface area (Å²) in [7, 11) is 0. The number of benzene rings is 4. The summed E-state index contributed by atoms with van der Waals surface area (Å²) in [5, 5.41) is 5.11. The van der Waals surface area contributed by atoms with Crippen LogP contribution in [0.3, 0.4) is 0 Å². The first-order valence-electron chi connectivity index (χ1n) is 8.01. The van der Waals surface area contributed by atoms with Crippen LogP contribution in [0.5, 0.6) is 0 Å². The van der Waals surface area contributed by atoms with Crippen molar-refractivity contribution >= 4 is 21.5 Å². The zero-order valence-electron chi connectivity index (χ0n) is 12.6. The Morgan fingerprint density at radius 1 is 0.478 bits per heavy atom. The SMILES string of the molecule is c1ccc2cc([C@H]3O[C@H]3c3ccc4ccccc4c3)ccc2c1. The lowest BCUT2D eigenvalue weighted by Crippen LogP contribution is -1.85. The lowest BCUT2D eigenvalue weighted by atomic mass is 9.99. The Balaban J connectivity index is 1.48. The van der Waals surface area contributed by atoms with Crippen molar-refractivity contribution < 1.29 is 4.74 Å². The monoisotopic (exact) mass is 296 g/mol. The first-order chi connectivity index (χ1) is 11.4. The molecule has 23 heavy (non-hydrogen) atoms. The molecule has 1 heteroatoms. The molecular weight excluding hydrogens is 280 g/mol. The Kier molecular flexibility index (Phi) is 2.76. The third kappa shape index (κ3) is 2.21. The summed E-state index contributed by atoms with van der Waals surface area (Å²) in [6, 6.07) is 30.2. The molecule has 0 saturated carbocycles. The van der Waals surface area contributed by atoms with Gasteiger partial charge in [0, 0.05) is 0 Å². The zero-order valence-corrected chi connectivity index (χ0v) is 12.6. The topological polar surface area (TPSA) is 12.5 Å². The summed E-state index contributed by atoms with van der Waals surface area (Å²) in [6.45, 7) is 0. The van der Waals surface area contributed by atoms with Gasteiger partial charge in [0.2, 0.25) is 0 Å². The van der Waals surface area contributed by atoms with E-state index in [2.05, 4.69) is 84.9 Å². The molecule has 0 amide bonds. The van der Waals surface area contributed by atoms with E-state index < -0.39 is 0 Å². The summed E-state index contributed by atoms with van der Waals surface area (Å²) in [4.78, 5) is 0. The molecule has 1 nitrogen and oxygen atoms in total. The molecule has 2 atom stereocenters. The number of hydrogen-bond acceptors (Lipinski definition) is 1. The van der Waals surface area contributed by atoms with Crippen LogP contribution in [0.15, 0.2) is 84.9 Å². The zero-order chi connectivity index (χ0) is 15.2. The molecule has 1 heterocycles. The number of hydrogen-bond donors (Lipinski definition) is 0. The van der Waals surface area contributed by atoms with Gasteiger partial charge in [-0.3, -0.25) is 0 Å². The van der Waals surface area contributed by atoms with Crippen molar-refractivity contribution in [3.05, 3.63) is 96.1 Å². The van der Waals surface area contributed by atoms with E-state index in [-0.39, 0.29) is 12.2 Å². The molecule has 0 aliphatic carbocycles. The molecular formula is C22H16O. The molecule has 1 saturated heterocycles. The van der Waals surface area contributed by atoms with Crippen LogP contribution in [0.25, 0.3) is 21.5 Å². The van der Waals surface area contributed by atoms with Gasteiger partial charge in [-0.2, -0.15) is 0 Å². The van der Waals surface area contributed by atoms with E-state index in [0.717, 1.165) is 0 Å². The second-order valence-corrected chi connectivity index (χ2v) is 6.19. The molecule has 0 radical (unpaired) electrons. The van der Waals surface area contributed by atoms with Crippen LogP contribution in [0.2, 0.25) is 0 Å². The normalized spacial score (nSPS) is 20.0. The van der Waals surface area contributed by atoms with Gasteiger partial charge >= 0.3 is 0 Å². The number of ether oxygens (including phenoxy) is 1. The van der Waals surface area contributed by atoms with E-state index in [9.17, 15) is 0 Å². The standard InChI is InChI=1S/C22H16O/c1-3-7-17-13-19(11-9-15(17)5-1)21-22(23-21)20-12-10-16-6-2-4-8-18(16)14-20/h1-14,21-22H/t21-,22+. The van der Waals surface area contributed by atoms with Gasteiger partial charge in [-0.15, -0.1) is 0 Å². The van der Waals surface area contributed by atoms with Gasteiger partial charge in [0.25, 0.3) is 0 Å². The van der Waals surface area contributed by atoms with Gasteiger partial charge < -0.3 is 4.74 Å². The van der Waals surface area contributed by atoms with Gasteiger partial charge in [-0.1, -0.05) is 72.8 Å². The summed E-state index contributed by atoms with van der Waals surface area (Å²) in [5.74, 6) is 0. The van der Waals surface area contributed by atoms with Crippen LogP contribution in [0, 0.1) is 0 Å². The maximum absolute atomic E-state index is 5.99. The highest BCUT2D eigenvalue weighted by molar-refractivity contribution is 5.84. The first-order valence-corrected chi connectivity index (χ1v) is 8.01. The third-order valence-electron chi connectivity index (χ3n) is 4.70. The van der Waals surface area contributed by atoms with Gasteiger partial charge in [0.1, 0.15) is 12.2 Å². The van der Waals surface area contributed by atoms with E-state index in [0.29, 0.717) is 0 Å². The molecule has 110 valence electrons. The summed E-state index contributed by atoms with van der Waals surface area (Å²) in [5.41, 5.74) is 2.53. The average molecular weight is 296 g/mol. The minimum Gasteiger partial charge on any atom is -0.359 e. The molecule has 1 aliphatic rings. The summed E-state index contributed by atoms with van der Waals surface area (Å²) < 4.78 is 5.99. The lowest BCUT2D eigenvalue weighted by Gasteiger charge is -2.02. The molecule has 1 aliphatic heterocycles. The van der Waals surface area contributed by atoms with E-state index in [4.69, 9.17) is 4.74 Å². The van der Waals surface area contributed by atoms with E-state index in [1.54, 1.807) is 0 Å². The minimum absolute atomic E-state index is 0.181. The largest absolute Gasteiger partial charge is 0.359 e. The van der Waals surface area contributed by atoms with Crippen molar-refractivity contribution in [2.75, 3.05) is 0 Å². The van der Waals surface area contributed by atoms with Crippen LogP contribution in [0.1, 0.15) is 23.3 Å². The van der Waals surface area contributed by atoms with E-state index >= 15 is 0 Å². The van der Waals surface area contributed by atoms with Gasteiger partial charge in [-0.05, 0) is 44.8 Å². The molecule has 4 aromatic carbocycles. The third-order valence-corrected chi connectivity index (χ3v) is 4.70. The van der Waals surface area contributed by atoms with Gasteiger partial charge in [0.05, 0.1) is 0 Å². The van der Waals surface area contributed by atoms with E-state index in [1.807, 2.05) is 0 Å². The second-order valence-electron chi connectivity index (χ2n) is 6.19. The molecule has 4 aromatic rings. The molecule has 0 N–H and O–H groups in total. The lowest BCUT2D eigenvalue weighted by molar-refractivity contribution is 0.378. The smallest absolute Gasteiger partial charge is 0.114 e. The molecule has 5 rings (SSSR count). The average Bonchev–Trinajstić information content (AvgIpc) is 3.42. The Morgan fingerprint density at radius 2 is 0.913 bits per heavy atom. The minimum atomic E-state index is 0.181. The summed E-state index contributed by atoms with van der Waals surface area (Å²) >= 11 is 0. The number of fused-ring (bicyclic) bond motifs is 2. The molecule has 0 spiro atoms. The Bertz CT molecular complexity index is 935. The van der Waals surface area contributed by atoms with Crippen molar-refractivity contribution in [3.63, 3.8) is 0 Å². The number of epoxide rings is 1. The Morgan fingerprint density at radius 3 is 1.39 bits per heavy atom. The molecule has 0 unspecified atom stereocenters. The second kappa shape index (κ2) is 4.94. The first kappa shape index (κ1) is 12.9.